The lowest BCUT2D eigenvalue weighted by molar-refractivity contribution is 0.194. The molecule has 0 unspecified atom stereocenters. The van der Waals surface area contributed by atoms with Gasteiger partial charge in [0.25, 0.3) is 0 Å². The maximum atomic E-state index is 13.7. The van der Waals surface area contributed by atoms with Crippen molar-refractivity contribution in [1.29, 1.82) is 0 Å². The summed E-state index contributed by atoms with van der Waals surface area (Å²) in [6, 6.07) is 7.71. The minimum absolute atomic E-state index is 0.181. The van der Waals surface area contributed by atoms with Gasteiger partial charge in [0.2, 0.25) is 0 Å². The van der Waals surface area contributed by atoms with Crippen molar-refractivity contribution in [2.24, 2.45) is 0 Å². The second kappa shape index (κ2) is 7.75. The molecule has 1 saturated heterocycles. The van der Waals surface area contributed by atoms with Crippen LogP contribution in [0.4, 0.5) is 14.9 Å². The molecule has 144 valence electrons. The summed E-state index contributed by atoms with van der Waals surface area (Å²) in [5.74, 6) is 0.382. The van der Waals surface area contributed by atoms with Gasteiger partial charge in [-0.2, -0.15) is 0 Å². The molecule has 3 heterocycles. The fourth-order valence-corrected chi connectivity index (χ4v) is 3.46. The molecule has 1 aliphatic rings. The van der Waals surface area contributed by atoms with Crippen LogP contribution in [0.15, 0.2) is 47.4 Å². The van der Waals surface area contributed by atoms with E-state index in [1.165, 1.54) is 12.4 Å². The molecule has 1 fully saturated rings. The molecule has 4 rings (SSSR count). The van der Waals surface area contributed by atoms with Crippen LogP contribution in [-0.2, 0) is 0 Å². The lowest BCUT2D eigenvalue weighted by Gasteiger charge is -2.32. The number of hydrogen-bond acceptors (Lipinski definition) is 5. The van der Waals surface area contributed by atoms with Crippen LogP contribution in [-0.4, -0.2) is 39.1 Å². The highest BCUT2D eigenvalue weighted by atomic mass is 19.1. The zero-order valence-corrected chi connectivity index (χ0v) is 15.4. The Kier molecular flexibility index (Phi) is 5.01. The lowest BCUT2D eigenvalue weighted by Crippen LogP contribution is -2.40. The quantitative estimate of drug-likeness (QED) is 0.742. The van der Waals surface area contributed by atoms with Crippen LogP contribution in [0.2, 0.25) is 0 Å². The van der Waals surface area contributed by atoms with Crippen molar-refractivity contribution in [3.63, 3.8) is 0 Å². The number of anilines is 1. The van der Waals surface area contributed by atoms with Crippen LogP contribution in [0, 0.1) is 12.7 Å². The van der Waals surface area contributed by atoms with Gasteiger partial charge in [0, 0.05) is 31.3 Å². The third-order valence-corrected chi connectivity index (χ3v) is 4.92. The number of piperidine rings is 1. The Bertz CT molecular complexity index is 982. The number of likely N-dealkylation sites (tertiary alicyclic amines) is 1. The monoisotopic (exact) mass is 381 g/mol. The molecule has 0 atom stereocenters. The van der Waals surface area contributed by atoms with E-state index in [2.05, 4.69) is 20.4 Å². The number of hydrogen-bond donors (Lipinski definition) is 1. The van der Waals surface area contributed by atoms with Crippen molar-refractivity contribution in [3.8, 4) is 11.3 Å². The van der Waals surface area contributed by atoms with Crippen molar-refractivity contribution in [2.45, 2.75) is 25.7 Å². The number of para-hydroxylation sites is 1. The second-order valence-corrected chi connectivity index (χ2v) is 6.83. The van der Waals surface area contributed by atoms with Gasteiger partial charge in [-0.1, -0.05) is 17.3 Å². The van der Waals surface area contributed by atoms with Gasteiger partial charge in [0.1, 0.15) is 12.1 Å². The molecule has 0 aliphatic carbocycles. The van der Waals surface area contributed by atoms with Gasteiger partial charge >= 0.3 is 6.03 Å². The average molecular weight is 381 g/mol. The van der Waals surface area contributed by atoms with Crippen molar-refractivity contribution >= 4 is 11.7 Å². The zero-order chi connectivity index (χ0) is 19.5. The SMILES string of the molecule is Cc1cc(-c2cncnc2C2CCN(C(=O)Nc3ccccc3F)CC2)on1. The van der Waals surface area contributed by atoms with E-state index in [0.29, 0.717) is 18.8 Å². The number of carbonyl (C=O) groups is 1. The van der Waals surface area contributed by atoms with Crippen LogP contribution < -0.4 is 5.32 Å². The minimum atomic E-state index is -0.446. The molecule has 1 N–H and O–H groups in total. The first-order chi connectivity index (χ1) is 13.6. The number of urea groups is 1. The van der Waals surface area contributed by atoms with E-state index in [9.17, 15) is 9.18 Å². The Labute approximate surface area is 161 Å². The lowest BCUT2D eigenvalue weighted by atomic mass is 9.90. The molecule has 8 heteroatoms. The standard InChI is InChI=1S/C20H20FN5O2/c1-13-10-18(28-25-13)15-11-22-12-23-19(15)14-6-8-26(9-7-14)20(27)24-17-5-3-2-4-16(17)21/h2-5,10-12,14H,6-9H2,1H3,(H,24,27). The van der Waals surface area contributed by atoms with E-state index in [4.69, 9.17) is 4.52 Å². The van der Waals surface area contributed by atoms with Crippen molar-refractivity contribution in [3.05, 3.63) is 60.1 Å². The molecule has 1 aromatic carbocycles. The summed E-state index contributed by atoms with van der Waals surface area (Å²) < 4.78 is 19.1. The van der Waals surface area contributed by atoms with E-state index in [1.54, 1.807) is 29.3 Å². The molecule has 0 radical (unpaired) electrons. The number of rotatable bonds is 3. The first kappa shape index (κ1) is 18.1. The maximum Gasteiger partial charge on any atom is 0.321 e. The van der Waals surface area contributed by atoms with Gasteiger partial charge < -0.3 is 14.7 Å². The summed E-state index contributed by atoms with van der Waals surface area (Å²) in [5.41, 5.74) is 2.72. The topological polar surface area (TPSA) is 84.2 Å². The fraction of sp³-hybridized carbons (Fsp3) is 0.300. The Morgan fingerprint density at radius 2 is 2.07 bits per heavy atom. The minimum Gasteiger partial charge on any atom is -0.356 e. The van der Waals surface area contributed by atoms with E-state index in [-0.39, 0.29) is 17.6 Å². The molecule has 28 heavy (non-hydrogen) atoms. The molecule has 1 aliphatic heterocycles. The largest absolute Gasteiger partial charge is 0.356 e. The summed E-state index contributed by atoms with van der Waals surface area (Å²) in [6.45, 7) is 2.98. The number of halogens is 1. The van der Waals surface area contributed by atoms with Crippen LogP contribution in [0.5, 0.6) is 0 Å². The van der Waals surface area contributed by atoms with Gasteiger partial charge in [-0.25, -0.2) is 19.2 Å². The summed E-state index contributed by atoms with van der Waals surface area (Å²) in [7, 11) is 0. The third kappa shape index (κ3) is 3.71. The Morgan fingerprint density at radius 3 is 2.79 bits per heavy atom. The molecular weight excluding hydrogens is 361 g/mol. The molecule has 0 spiro atoms. The molecule has 2 aromatic heterocycles. The van der Waals surface area contributed by atoms with E-state index in [1.807, 2.05) is 13.0 Å². The van der Waals surface area contributed by atoms with Gasteiger partial charge in [0.15, 0.2) is 5.76 Å². The number of aryl methyl sites for hydroxylation is 1. The van der Waals surface area contributed by atoms with Crippen LogP contribution >= 0.6 is 0 Å². The molecule has 2 amide bonds. The van der Waals surface area contributed by atoms with Gasteiger partial charge in [0.05, 0.1) is 22.6 Å². The van der Waals surface area contributed by atoms with Crippen LogP contribution in [0.25, 0.3) is 11.3 Å². The third-order valence-electron chi connectivity index (χ3n) is 4.92. The number of nitrogens with zero attached hydrogens (tertiary/aromatic N) is 4. The maximum absolute atomic E-state index is 13.7. The van der Waals surface area contributed by atoms with Crippen LogP contribution in [0.3, 0.4) is 0 Å². The Hall–Kier alpha value is -3.29. The van der Waals surface area contributed by atoms with E-state index < -0.39 is 5.82 Å². The van der Waals surface area contributed by atoms with E-state index >= 15 is 0 Å². The highest BCUT2D eigenvalue weighted by Gasteiger charge is 2.27. The number of aromatic nitrogens is 3. The Morgan fingerprint density at radius 1 is 1.29 bits per heavy atom. The highest BCUT2D eigenvalue weighted by molar-refractivity contribution is 5.89. The molecule has 0 bridgehead atoms. The smallest absolute Gasteiger partial charge is 0.321 e. The summed E-state index contributed by atoms with van der Waals surface area (Å²) in [6.07, 6.45) is 4.77. The van der Waals surface area contributed by atoms with Crippen molar-refractivity contribution < 1.29 is 13.7 Å². The normalized spacial score (nSPS) is 14.9. The average Bonchev–Trinajstić information content (AvgIpc) is 3.16. The molecular formula is C20H20FN5O2. The first-order valence-electron chi connectivity index (χ1n) is 9.16. The molecule has 7 nitrogen and oxygen atoms in total. The number of amides is 2. The van der Waals surface area contributed by atoms with Gasteiger partial charge in [-0.15, -0.1) is 0 Å². The van der Waals surface area contributed by atoms with Crippen LogP contribution in [0.1, 0.15) is 30.1 Å². The summed E-state index contributed by atoms with van der Waals surface area (Å²) in [5, 5.41) is 6.58. The number of carbonyl (C=O) groups excluding carboxylic acids is 1. The zero-order valence-electron chi connectivity index (χ0n) is 15.4. The molecule has 0 saturated carbocycles. The predicted octanol–water partition coefficient (Wildman–Crippen LogP) is 3.99. The summed E-state index contributed by atoms with van der Waals surface area (Å²) >= 11 is 0. The molecule has 3 aromatic rings. The number of nitrogens with one attached hydrogen (secondary N) is 1. The first-order valence-corrected chi connectivity index (χ1v) is 9.16. The highest BCUT2D eigenvalue weighted by Crippen LogP contribution is 2.33. The fourth-order valence-electron chi connectivity index (χ4n) is 3.46. The predicted molar refractivity (Wildman–Crippen MR) is 101 cm³/mol. The van der Waals surface area contributed by atoms with E-state index in [0.717, 1.165) is 29.8 Å². The van der Waals surface area contributed by atoms with Crippen molar-refractivity contribution in [1.82, 2.24) is 20.0 Å². The summed E-state index contributed by atoms with van der Waals surface area (Å²) in [4.78, 5) is 22.7. The number of benzene rings is 1. The van der Waals surface area contributed by atoms with Gasteiger partial charge in [-0.3, -0.25) is 0 Å². The second-order valence-electron chi connectivity index (χ2n) is 6.83. The van der Waals surface area contributed by atoms with Gasteiger partial charge in [-0.05, 0) is 31.9 Å². The Balaban J connectivity index is 1.44. The van der Waals surface area contributed by atoms with Crippen molar-refractivity contribution in [2.75, 3.05) is 18.4 Å².